The lowest BCUT2D eigenvalue weighted by molar-refractivity contribution is -0.137. The minimum Gasteiger partial charge on any atom is -0.481 e. The van der Waals surface area contributed by atoms with Crippen molar-refractivity contribution in [2.75, 3.05) is 25.0 Å². The molecule has 2 unspecified atom stereocenters. The standard InChI is InChI=1S/C15H22N2O2/c1-11-5-4-6-13(7-11)17-12(2)9-16(3)10-14(17)8-15(18)19/h4-7,12,14H,8-10H2,1-3H3,(H,18,19). The van der Waals surface area contributed by atoms with E-state index < -0.39 is 5.97 Å². The molecule has 0 spiro atoms. The average molecular weight is 262 g/mol. The number of carboxylic acid groups (broad SMARTS) is 1. The molecule has 19 heavy (non-hydrogen) atoms. The minimum absolute atomic E-state index is 0.0352. The van der Waals surface area contributed by atoms with Gasteiger partial charge in [0.15, 0.2) is 0 Å². The molecule has 1 aliphatic rings. The summed E-state index contributed by atoms with van der Waals surface area (Å²) in [4.78, 5) is 15.6. The van der Waals surface area contributed by atoms with Crippen LogP contribution in [0.1, 0.15) is 18.9 Å². The molecule has 1 aliphatic heterocycles. The van der Waals surface area contributed by atoms with Gasteiger partial charge in [-0.25, -0.2) is 0 Å². The number of aliphatic carboxylic acids is 1. The van der Waals surface area contributed by atoms with E-state index in [-0.39, 0.29) is 12.5 Å². The van der Waals surface area contributed by atoms with E-state index in [0.717, 1.165) is 18.8 Å². The zero-order chi connectivity index (χ0) is 14.0. The van der Waals surface area contributed by atoms with Crippen LogP contribution < -0.4 is 4.90 Å². The number of piperazine rings is 1. The van der Waals surface area contributed by atoms with Gasteiger partial charge in [0.05, 0.1) is 12.5 Å². The van der Waals surface area contributed by atoms with Crippen molar-refractivity contribution in [3.63, 3.8) is 0 Å². The molecule has 104 valence electrons. The van der Waals surface area contributed by atoms with E-state index in [9.17, 15) is 4.79 Å². The Morgan fingerprint density at radius 2 is 2.16 bits per heavy atom. The van der Waals surface area contributed by atoms with Crippen LogP contribution in [0.5, 0.6) is 0 Å². The van der Waals surface area contributed by atoms with E-state index in [1.165, 1.54) is 5.56 Å². The quantitative estimate of drug-likeness (QED) is 0.904. The average Bonchev–Trinajstić information content (AvgIpc) is 2.26. The first-order valence-electron chi connectivity index (χ1n) is 6.72. The fourth-order valence-corrected chi connectivity index (χ4v) is 3.04. The number of nitrogens with zero attached hydrogens (tertiary/aromatic N) is 2. The van der Waals surface area contributed by atoms with Crippen molar-refractivity contribution in [3.8, 4) is 0 Å². The van der Waals surface area contributed by atoms with Crippen molar-refractivity contribution in [1.82, 2.24) is 4.90 Å². The highest BCUT2D eigenvalue weighted by Gasteiger charge is 2.32. The molecule has 0 amide bonds. The van der Waals surface area contributed by atoms with Crippen LogP contribution in [0.25, 0.3) is 0 Å². The number of hydrogen-bond acceptors (Lipinski definition) is 3. The number of likely N-dealkylation sites (N-methyl/N-ethyl adjacent to an activating group) is 1. The van der Waals surface area contributed by atoms with Gasteiger partial charge in [-0.1, -0.05) is 12.1 Å². The largest absolute Gasteiger partial charge is 0.481 e. The second kappa shape index (κ2) is 5.61. The summed E-state index contributed by atoms with van der Waals surface area (Å²) in [5.74, 6) is -0.731. The predicted molar refractivity (Wildman–Crippen MR) is 76.7 cm³/mol. The van der Waals surface area contributed by atoms with Crippen molar-refractivity contribution in [3.05, 3.63) is 29.8 Å². The molecule has 4 nitrogen and oxygen atoms in total. The molecule has 0 aliphatic carbocycles. The zero-order valence-corrected chi connectivity index (χ0v) is 11.8. The maximum atomic E-state index is 11.1. The number of benzene rings is 1. The van der Waals surface area contributed by atoms with Crippen LogP contribution in [-0.4, -0.2) is 48.2 Å². The van der Waals surface area contributed by atoms with Crippen molar-refractivity contribution in [2.45, 2.75) is 32.4 Å². The van der Waals surface area contributed by atoms with Crippen molar-refractivity contribution in [1.29, 1.82) is 0 Å². The summed E-state index contributed by atoms with van der Waals surface area (Å²) in [7, 11) is 2.05. The molecular formula is C15H22N2O2. The third kappa shape index (κ3) is 3.26. The zero-order valence-electron chi connectivity index (χ0n) is 11.8. The number of rotatable bonds is 3. The van der Waals surface area contributed by atoms with Crippen LogP contribution in [-0.2, 0) is 4.79 Å². The fourth-order valence-electron chi connectivity index (χ4n) is 3.04. The van der Waals surface area contributed by atoms with Gasteiger partial charge in [0, 0.05) is 24.8 Å². The third-order valence-corrected chi connectivity index (χ3v) is 3.68. The van der Waals surface area contributed by atoms with Gasteiger partial charge in [-0.05, 0) is 38.6 Å². The van der Waals surface area contributed by atoms with Gasteiger partial charge in [0.2, 0.25) is 0 Å². The first-order chi connectivity index (χ1) is 8.97. The van der Waals surface area contributed by atoms with E-state index in [2.05, 4.69) is 48.9 Å². The summed E-state index contributed by atoms with van der Waals surface area (Å²) in [5, 5.41) is 9.11. The summed E-state index contributed by atoms with van der Waals surface area (Å²) in [6.45, 7) is 5.98. The molecule has 2 rings (SSSR count). The van der Waals surface area contributed by atoms with Gasteiger partial charge >= 0.3 is 5.97 Å². The number of carboxylic acids is 1. The van der Waals surface area contributed by atoms with Crippen LogP contribution in [0.15, 0.2) is 24.3 Å². The predicted octanol–water partition coefficient (Wildman–Crippen LogP) is 1.98. The molecule has 1 aromatic carbocycles. The van der Waals surface area contributed by atoms with Crippen LogP contribution in [0.4, 0.5) is 5.69 Å². The number of anilines is 1. The Hall–Kier alpha value is -1.55. The topological polar surface area (TPSA) is 43.8 Å². The second-order valence-electron chi connectivity index (χ2n) is 5.57. The SMILES string of the molecule is Cc1cccc(N2C(C)CN(C)CC2CC(=O)O)c1. The highest BCUT2D eigenvalue weighted by atomic mass is 16.4. The summed E-state index contributed by atoms with van der Waals surface area (Å²) in [5.41, 5.74) is 2.34. The van der Waals surface area contributed by atoms with Crippen LogP contribution in [0, 0.1) is 6.92 Å². The van der Waals surface area contributed by atoms with E-state index in [0.29, 0.717) is 6.04 Å². The van der Waals surface area contributed by atoms with Gasteiger partial charge in [0.1, 0.15) is 0 Å². The normalized spacial score (nSPS) is 24.5. The van der Waals surface area contributed by atoms with Crippen LogP contribution in [0.2, 0.25) is 0 Å². The number of hydrogen-bond donors (Lipinski definition) is 1. The Kier molecular flexibility index (Phi) is 4.10. The second-order valence-corrected chi connectivity index (χ2v) is 5.57. The minimum atomic E-state index is -0.731. The third-order valence-electron chi connectivity index (χ3n) is 3.68. The summed E-state index contributed by atoms with van der Waals surface area (Å²) in [6, 6.07) is 8.67. The van der Waals surface area contributed by atoms with Crippen molar-refractivity contribution < 1.29 is 9.90 Å². The number of aryl methyl sites for hydroxylation is 1. The van der Waals surface area contributed by atoms with Gasteiger partial charge in [0.25, 0.3) is 0 Å². The molecular weight excluding hydrogens is 240 g/mol. The molecule has 1 fully saturated rings. The Morgan fingerprint density at radius 3 is 2.79 bits per heavy atom. The molecule has 1 aromatic rings. The maximum absolute atomic E-state index is 11.1. The lowest BCUT2D eigenvalue weighted by Crippen LogP contribution is -2.57. The maximum Gasteiger partial charge on any atom is 0.305 e. The smallest absolute Gasteiger partial charge is 0.305 e. The van der Waals surface area contributed by atoms with Crippen molar-refractivity contribution in [2.24, 2.45) is 0 Å². The molecule has 4 heteroatoms. The van der Waals surface area contributed by atoms with E-state index in [1.54, 1.807) is 0 Å². The van der Waals surface area contributed by atoms with Gasteiger partial charge in [-0.3, -0.25) is 4.79 Å². The summed E-state index contributed by atoms with van der Waals surface area (Å²) < 4.78 is 0. The molecule has 0 aromatic heterocycles. The highest BCUT2D eigenvalue weighted by Crippen LogP contribution is 2.26. The Labute approximate surface area is 114 Å². The van der Waals surface area contributed by atoms with Crippen LogP contribution in [0.3, 0.4) is 0 Å². The molecule has 2 atom stereocenters. The lowest BCUT2D eigenvalue weighted by atomic mass is 10.0. The molecule has 1 saturated heterocycles. The molecule has 0 radical (unpaired) electrons. The molecule has 0 bridgehead atoms. The Balaban J connectivity index is 2.29. The van der Waals surface area contributed by atoms with E-state index in [4.69, 9.17) is 5.11 Å². The molecule has 1 N–H and O–H groups in total. The van der Waals surface area contributed by atoms with Gasteiger partial charge in [-0.2, -0.15) is 0 Å². The Morgan fingerprint density at radius 1 is 1.42 bits per heavy atom. The van der Waals surface area contributed by atoms with Crippen LogP contribution >= 0.6 is 0 Å². The lowest BCUT2D eigenvalue weighted by Gasteiger charge is -2.45. The van der Waals surface area contributed by atoms with Gasteiger partial charge in [-0.15, -0.1) is 0 Å². The number of carbonyl (C=O) groups is 1. The highest BCUT2D eigenvalue weighted by molar-refractivity contribution is 5.69. The first-order valence-corrected chi connectivity index (χ1v) is 6.72. The monoisotopic (exact) mass is 262 g/mol. The molecule has 1 heterocycles. The summed E-state index contributed by atoms with van der Waals surface area (Å²) in [6.07, 6.45) is 0.183. The van der Waals surface area contributed by atoms with Gasteiger partial charge < -0.3 is 14.9 Å². The fraction of sp³-hybridized carbons (Fsp3) is 0.533. The molecule has 0 saturated carbocycles. The summed E-state index contributed by atoms with van der Waals surface area (Å²) >= 11 is 0. The van der Waals surface area contributed by atoms with E-state index in [1.807, 2.05) is 6.07 Å². The Bertz CT molecular complexity index is 461. The van der Waals surface area contributed by atoms with E-state index >= 15 is 0 Å². The van der Waals surface area contributed by atoms with Crippen molar-refractivity contribution >= 4 is 11.7 Å². The first kappa shape index (κ1) is 13.9.